The van der Waals surface area contributed by atoms with E-state index in [1.54, 1.807) is 15.9 Å². The van der Waals surface area contributed by atoms with Crippen molar-refractivity contribution in [3.8, 4) is 10.4 Å². The molecule has 9 heteroatoms. The van der Waals surface area contributed by atoms with Crippen molar-refractivity contribution in [1.29, 1.82) is 0 Å². The molecule has 0 atom stereocenters. The van der Waals surface area contributed by atoms with Gasteiger partial charge in [0.25, 0.3) is 5.56 Å². The van der Waals surface area contributed by atoms with Gasteiger partial charge in [0.1, 0.15) is 17.2 Å². The zero-order valence-corrected chi connectivity index (χ0v) is 20.6. The number of hydrogen-bond donors (Lipinski definition) is 0. The van der Waals surface area contributed by atoms with Crippen LogP contribution in [0.2, 0.25) is 0 Å². The van der Waals surface area contributed by atoms with Gasteiger partial charge in [0.2, 0.25) is 5.91 Å². The fourth-order valence-electron chi connectivity index (χ4n) is 4.84. The summed E-state index contributed by atoms with van der Waals surface area (Å²) in [4.78, 5) is 38.0. The lowest BCUT2D eigenvalue weighted by atomic mass is 9.94. The molecule has 0 radical (unpaired) electrons. The van der Waals surface area contributed by atoms with Gasteiger partial charge in [0.15, 0.2) is 0 Å². The van der Waals surface area contributed by atoms with Crippen molar-refractivity contribution in [2.24, 2.45) is 0 Å². The molecule has 1 saturated heterocycles. The normalized spacial score (nSPS) is 18.1. The second-order valence-electron chi connectivity index (χ2n) is 8.91. The number of hydrogen-bond acceptors (Lipinski definition) is 7. The molecule has 2 aliphatic rings. The second kappa shape index (κ2) is 10.0. The van der Waals surface area contributed by atoms with Crippen LogP contribution in [-0.2, 0) is 22.6 Å². The van der Waals surface area contributed by atoms with Gasteiger partial charge >= 0.3 is 0 Å². The zero-order chi connectivity index (χ0) is 22.8. The maximum atomic E-state index is 13.8. The smallest absolute Gasteiger partial charge is 0.263 e. The Balaban J connectivity index is 1.52. The Labute approximate surface area is 201 Å². The summed E-state index contributed by atoms with van der Waals surface area (Å²) in [6.07, 6.45) is 5.66. The van der Waals surface area contributed by atoms with Crippen LogP contribution in [-0.4, -0.2) is 64.7 Å². The molecule has 3 aromatic rings. The number of thiophene rings is 2. The molecule has 0 spiro atoms. The van der Waals surface area contributed by atoms with Gasteiger partial charge in [-0.25, -0.2) is 4.98 Å². The topological polar surface area (TPSA) is 67.7 Å². The first-order valence-electron chi connectivity index (χ1n) is 11.7. The molecule has 3 aromatic heterocycles. The van der Waals surface area contributed by atoms with Crippen molar-refractivity contribution in [3.05, 3.63) is 39.1 Å². The third-order valence-electron chi connectivity index (χ3n) is 6.84. The van der Waals surface area contributed by atoms with Crippen LogP contribution >= 0.6 is 22.7 Å². The number of nitrogens with zero attached hydrogens (tertiary/aromatic N) is 4. The van der Waals surface area contributed by atoms with Crippen LogP contribution in [0.1, 0.15) is 37.9 Å². The maximum Gasteiger partial charge on any atom is 0.263 e. The number of ether oxygens (including phenoxy) is 1. The summed E-state index contributed by atoms with van der Waals surface area (Å²) < 4.78 is 7.11. The van der Waals surface area contributed by atoms with Crippen molar-refractivity contribution in [2.45, 2.75) is 51.2 Å². The van der Waals surface area contributed by atoms with E-state index in [4.69, 9.17) is 9.72 Å². The van der Waals surface area contributed by atoms with Gasteiger partial charge in [-0.15, -0.1) is 22.7 Å². The molecule has 2 fully saturated rings. The van der Waals surface area contributed by atoms with E-state index in [-0.39, 0.29) is 24.1 Å². The van der Waals surface area contributed by atoms with E-state index < -0.39 is 0 Å². The first-order chi connectivity index (χ1) is 16.1. The number of carbonyl (C=O) groups is 1. The van der Waals surface area contributed by atoms with Crippen molar-refractivity contribution < 1.29 is 9.53 Å². The summed E-state index contributed by atoms with van der Waals surface area (Å²) >= 11 is 3.12. The third-order valence-corrected chi connectivity index (χ3v) is 8.61. The number of aromatic nitrogens is 2. The number of carbonyl (C=O) groups excluding carboxylic acids is 1. The van der Waals surface area contributed by atoms with Crippen LogP contribution < -0.4 is 5.56 Å². The van der Waals surface area contributed by atoms with Gasteiger partial charge in [-0.1, -0.05) is 25.3 Å². The average Bonchev–Trinajstić information content (AvgIpc) is 3.52. The highest BCUT2D eigenvalue weighted by Crippen LogP contribution is 2.34. The largest absolute Gasteiger partial charge is 0.379 e. The van der Waals surface area contributed by atoms with Crippen molar-refractivity contribution in [1.82, 2.24) is 19.4 Å². The molecule has 33 heavy (non-hydrogen) atoms. The molecule has 7 nitrogen and oxygen atoms in total. The molecule has 1 aliphatic heterocycles. The predicted molar refractivity (Wildman–Crippen MR) is 133 cm³/mol. The molecular weight excluding hydrogens is 456 g/mol. The molecule has 0 unspecified atom stereocenters. The Hall–Kier alpha value is -2.07. The summed E-state index contributed by atoms with van der Waals surface area (Å²) in [5.41, 5.74) is 0.806. The molecule has 0 N–H and O–H groups in total. The average molecular weight is 487 g/mol. The molecule has 1 aliphatic carbocycles. The van der Waals surface area contributed by atoms with Crippen LogP contribution in [0.5, 0.6) is 0 Å². The van der Waals surface area contributed by atoms with Crippen LogP contribution in [0.4, 0.5) is 0 Å². The van der Waals surface area contributed by atoms with Gasteiger partial charge in [0, 0.05) is 42.0 Å². The first-order valence-corrected chi connectivity index (χ1v) is 13.5. The fourth-order valence-corrected chi connectivity index (χ4v) is 6.61. The number of rotatable bonds is 6. The predicted octanol–water partition coefficient (Wildman–Crippen LogP) is 3.81. The lowest BCUT2D eigenvalue weighted by molar-refractivity contribution is -0.133. The van der Waals surface area contributed by atoms with Crippen LogP contribution in [0.25, 0.3) is 20.7 Å². The first kappa shape index (κ1) is 22.7. The Kier molecular flexibility index (Phi) is 6.91. The lowest BCUT2D eigenvalue weighted by Gasteiger charge is -2.32. The number of fused-ring (bicyclic) bond motifs is 1. The molecule has 0 bridgehead atoms. The molecule has 0 aromatic carbocycles. The van der Waals surface area contributed by atoms with Crippen LogP contribution in [0, 0.1) is 0 Å². The van der Waals surface area contributed by atoms with Gasteiger partial charge in [-0.3, -0.25) is 19.1 Å². The lowest BCUT2D eigenvalue weighted by Crippen LogP contribution is -2.43. The van der Waals surface area contributed by atoms with E-state index in [9.17, 15) is 9.59 Å². The SMILES string of the molecule is CN(C(=O)Cn1c(CN2CCOCC2)nc2scc(-c3cccs3)c2c1=O)C1CCCCC1. The van der Waals surface area contributed by atoms with Gasteiger partial charge in [0.05, 0.1) is 25.1 Å². The van der Waals surface area contributed by atoms with E-state index in [0.29, 0.717) is 31.0 Å². The monoisotopic (exact) mass is 486 g/mol. The molecular formula is C24H30N4O3S2. The Bertz CT molecular complexity index is 1160. The van der Waals surface area contributed by atoms with Crippen molar-refractivity contribution >= 4 is 38.8 Å². The minimum atomic E-state index is -0.113. The highest BCUT2D eigenvalue weighted by molar-refractivity contribution is 7.18. The molecule has 5 rings (SSSR count). The standard InChI is InChI=1S/C24H30N4O3S2/c1-26(17-6-3-2-4-7-17)21(29)15-28-20(14-27-9-11-31-12-10-27)25-23-22(24(28)30)18(16-33-23)19-8-5-13-32-19/h5,8,13,16-17H,2-4,6-7,9-12,14-15H2,1H3. The van der Waals surface area contributed by atoms with Crippen molar-refractivity contribution in [2.75, 3.05) is 33.4 Å². The second-order valence-corrected chi connectivity index (χ2v) is 10.7. The Morgan fingerprint density at radius 2 is 2.00 bits per heavy atom. The summed E-state index contributed by atoms with van der Waals surface area (Å²) in [5.74, 6) is 0.653. The quantitative estimate of drug-likeness (QED) is 0.530. The van der Waals surface area contributed by atoms with E-state index >= 15 is 0 Å². The summed E-state index contributed by atoms with van der Waals surface area (Å²) in [6.45, 7) is 3.54. The molecule has 176 valence electrons. The summed E-state index contributed by atoms with van der Waals surface area (Å²) in [7, 11) is 1.89. The number of morpholine rings is 1. The van der Waals surface area contributed by atoms with Crippen LogP contribution in [0.15, 0.2) is 27.7 Å². The van der Waals surface area contributed by atoms with E-state index in [1.165, 1.54) is 17.8 Å². The molecule has 1 saturated carbocycles. The number of amides is 1. The molecule has 1 amide bonds. The minimum absolute atomic E-state index is 0.0127. The Morgan fingerprint density at radius 3 is 2.73 bits per heavy atom. The van der Waals surface area contributed by atoms with Gasteiger partial charge < -0.3 is 9.64 Å². The van der Waals surface area contributed by atoms with Gasteiger partial charge in [-0.05, 0) is 24.3 Å². The zero-order valence-electron chi connectivity index (χ0n) is 19.0. The number of likely N-dealkylation sites (N-methyl/N-ethyl adjacent to an activating group) is 1. The van der Waals surface area contributed by atoms with Gasteiger partial charge in [-0.2, -0.15) is 0 Å². The van der Waals surface area contributed by atoms with E-state index in [0.717, 1.165) is 54.0 Å². The van der Waals surface area contributed by atoms with Crippen molar-refractivity contribution in [3.63, 3.8) is 0 Å². The fraction of sp³-hybridized carbons (Fsp3) is 0.542. The highest BCUT2D eigenvalue weighted by atomic mass is 32.1. The van der Waals surface area contributed by atoms with E-state index in [2.05, 4.69) is 4.90 Å². The third kappa shape index (κ3) is 4.77. The Morgan fingerprint density at radius 1 is 1.21 bits per heavy atom. The molecule has 4 heterocycles. The summed E-state index contributed by atoms with van der Waals surface area (Å²) in [5, 5.41) is 4.66. The maximum absolute atomic E-state index is 13.8. The van der Waals surface area contributed by atoms with E-state index in [1.807, 2.05) is 34.8 Å². The van der Waals surface area contributed by atoms with Crippen LogP contribution in [0.3, 0.4) is 0 Å². The minimum Gasteiger partial charge on any atom is -0.379 e. The highest BCUT2D eigenvalue weighted by Gasteiger charge is 2.25. The summed E-state index contributed by atoms with van der Waals surface area (Å²) in [6, 6.07) is 4.29.